The van der Waals surface area contributed by atoms with Crippen LogP contribution in [0.2, 0.25) is 0 Å². The number of nitrogens with zero attached hydrogens (tertiary/aromatic N) is 2. The van der Waals surface area contributed by atoms with Gasteiger partial charge in [-0.25, -0.2) is 9.59 Å². The molecule has 2 bridgehead atoms. The molecule has 2 atom stereocenters. The average molecular weight is 454 g/mol. The summed E-state index contributed by atoms with van der Waals surface area (Å²) >= 11 is 0. The second kappa shape index (κ2) is 9.93. The number of rotatable bonds is 7. The summed E-state index contributed by atoms with van der Waals surface area (Å²) in [4.78, 5) is 56.5. The quantitative estimate of drug-likeness (QED) is 0.395. The van der Waals surface area contributed by atoms with Crippen LogP contribution in [-0.4, -0.2) is 70.8 Å². The van der Waals surface area contributed by atoms with Crippen molar-refractivity contribution in [3.63, 3.8) is 0 Å². The van der Waals surface area contributed by atoms with E-state index in [1.165, 1.54) is 9.96 Å². The van der Waals surface area contributed by atoms with Gasteiger partial charge >= 0.3 is 12.1 Å². The van der Waals surface area contributed by atoms with Gasteiger partial charge in [-0.1, -0.05) is 13.3 Å². The topological polar surface area (TPSA) is 129 Å². The minimum Gasteiger partial charge on any atom is -0.444 e. The standard InChI is InChI=1S/C21H35N5O6/c1-5-6-9-31-26-15-7-8-16(25(12-15)20(26)30)18(28)24-23-17(27)13-10-14(11-13)22-19(29)32-21(2,3)4/h13-16H,5-12H2,1-4H3,(H,22,29)(H,23,27)(H,24,28)/t13-,14-,15-,16-/m0/s1. The van der Waals surface area contributed by atoms with Gasteiger partial charge in [-0.15, -0.1) is 0 Å². The lowest BCUT2D eigenvalue weighted by molar-refractivity contribution is -0.135. The first kappa shape index (κ1) is 24.1. The summed E-state index contributed by atoms with van der Waals surface area (Å²) in [5.41, 5.74) is 4.33. The van der Waals surface area contributed by atoms with Gasteiger partial charge in [0, 0.05) is 18.5 Å². The highest BCUT2D eigenvalue weighted by Crippen LogP contribution is 2.30. The van der Waals surface area contributed by atoms with E-state index in [4.69, 9.17) is 9.57 Å². The molecule has 0 unspecified atom stereocenters. The number of carbonyl (C=O) groups excluding carboxylic acids is 4. The molecule has 0 radical (unpaired) electrons. The number of hydrogen-bond donors (Lipinski definition) is 3. The average Bonchev–Trinajstić information content (AvgIpc) is 2.92. The maximum Gasteiger partial charge on any atom is 0.407 e. The number of carbonyl (C=O) groups is 4. The van der Waals surface area contributed by atoms with E-state index in [2.05, 4.69) is 16.2 Å². The van der Waals surface area contributed by atoms with Crippen LogP contribution in [0.15, 0.2) is 0 Å². The number of piperidine rings is 1. The van der Waals surface area contributed by atoms with Crippen LogP contribution in [-0.2, 0) is 19.2 Å². The Morgan fingerprint density at radius 2 is 1.78 bits per heavy atom. The fraction of sp³-hybridized carbons (Fsp3) is 0.810. The number of hydrogen-bond acceptors (Lipinski definition) is 6. The minimum atomic E-state index is -0.637. The predicted octanol–water partition coefficient (Wildman–Crippen LogP) is 1.44. The van der Waals surface area contributed by atoms with Gasteiger partial charge in [0.05, 0.1) is 12.6 Å². The van der Waals surface area contributed by atoms with E-state index >= 15 is 0 Å². The van der Waals surface area contributed by atoms with Gasteiger partial charge in [0.15, 0.2) is 0 Å². The molecule has 0 aromatic rings. The summed E-state index contributed by atoms with van der Waals surface area (Å²) in [7, 11) is 0. The molecule has 0 aromatic heterocycles. The monoisotopic (exact) mass is 453 g/mol. The highest BCUT2D eigenvalue weighted by atomic mass is 16.7. The number of nitrogens with one attached hydrogen (secondary N) is 3. The van der Waals surface area contributed by atoms with Gasteiger partial charge in [-0.2, -0.15) is 5.06 Å². The number of hydroxylamine groups is 2. The molecule has 2 saturated heterocycles. The first-order chi connectivity index (χ1) is 15.1. The van der Waals surface area contributed by atoms with Gasteiger partial charge < -0.3 is 15.0 Å². The molecule has 1 aliphatic carbocycles. The zero-order chi connectivity index (χ0) is 23.5. The maximum atomic E-state index is 12.6. The van der Waals surface area contributed by atoms with Gasteiger partial charge in [0.25, 0.3) is 5.91 Å². The molecule has 3 aliphatic rings. The number of unbranched alkanes of at least 4 members (excludes halogenated alkanes) is 1. The van der Waals surface area contributed by atoms with Gasteiger partial charge in [-0.3, -0.25) is 25.3 Å². The zero-order valence-corrected chi connectivity index (χ0v) is 19.3. The van der Waals surface area contributed by atoms with Crippen LogP contribution in [0.5, 0.6) is 0 Å². The van der Waals surface area contributed by atoms with Crippen molar-refractivity contribution >= 4 is 23.9 Å². The highest BCUT2D eigenvalue weighted by Gasteiger charge is 2.48. The van der Waals surface area contributed by atoms with Crippen LogP contribution in [0.25, 0.3) is 0 Å². The van der Waals surface area contributed by atoms with Crippen LogP contribution in [0.3, 0.4) is 0 Å². The van der Waals surface area contributed by atoms with E-state index < -0.39 is 23.6 Å². The molecule has 32 heavy (non-hydrogen) atoms. The zero-order valence-electron chi connectivity index (χ0n) is 19.3. The maximum absolute atomic E-state index is 12.6. The molecule has 2 aliphatic heterocycles. The Balaban J connectivity index is 1.39. The third-order valence-electron chi connectivity index (χ3n) is 5.89. The number of amides is 5. The molecule has 1 saturated carbocycles. The minimum absolute atomic E-state index is 0.0395. The smallest absolute Gasteiger partial charge is 0.407 e. The first-order valence-corrected chi connectivity index (χ1v) is 11.4. The third-order valence-corrected chi connectivity index (χ3v) is 5.89. The van der Waals surface area contributed by atoms with Crippen LogP contribution < -0.4 is 16.2 Å². The van der Waals surface area contributed by atoms with Crippen LogP contribution in [0, 0.1) is 5.92 Å². The molecule has 3 N–H and O–H groups in total. The molecule has 2 heterocycles. The molecule has 11 heteroatoms. The van der Waals surface area contributed by atoms with E-state index in [1.807, 2.05) is 6.92 Å². The number of alkyl carbamates (subject to hydrolysis) is 1. The Morgan fingerprint density at radius 3 is 2.44 bits per heavy atom. The van der Waals surface area contributed by atoms with Crippen molar-refractivity contribution in [1.82, 2.24) is 26.1 Å². The lowest BCUT2D eigenvalue weighted by Crippen LogP contribution is -2.57. The Labute approximate surface area is 188 Å². The fourth-order valence-corrected chi connectivity index (χ4v) is 4.11. The molecule has 3 rings (SSSR count). The second-order valence-corrected chi connectivity index (χ2v) is 9.68. The van der Waals surface area contributed by atoms with E-state index in [0.717, 1.165) is 12.8 Å². The largest absolute Gasteiger partial charge is 0.444 e. The van der Waals surface area contributed by atoms with Crippen molar-refractivity contribution < 1.29 is 28.8 Å². The summed E-state index contributed by atoms with van der Waals surface area (Å²) in [5, 5.41) is 4.13. The van der Waals surface area contributed by atoms with Gasteiger partial charge in [-0.05, 0) is 52.9 Å². The predicted molar refractivity (Wildman–Crippen MR) is 114 cm³/mol. The van der Waals surface area contributed by atoms with Crippen molar-refractivity contribution in [2.75, 3.05) is 13.2 Å². The number of fused-ring (bicyclic) bond motifs is 2. The van der Waals surface area contributed by atoms with Crippen molar-refractivity contribution in [3.8, 4) is 0 Å². The van der Waals surface area contributed by atoms with Crippen LogP contribution in [0.4, 0.5) is 9.59 Å². The SMILES string of the molecule is CCCCON1C(=O)N2C[C@@H]1CC[C@H]2C(=O)NNC(=O)[C@H]1C[C@H](NC(=O)OC(C)(C)C)C1. The summed E-state index contributed by atoms with van der Waals surface area (Å²) in [6, 6.07) is -1.11. The van der Waals surface area contributed by atoms with E-state index in [-0.39, 0.29) is 29.9 Å². The Morgan fingerprint density at radius 1 is 1.09 bits per heavy atom. The summed E-state index contributed by atoms with van der Waals surface area (Å²) in [6.45, 7) is 8.32. The van der Waals surface area contributed by atoms with E-state index in [0.29, 0.717) is 38.8 Å². The molecule has 5 amide bonds. The number of ether oxygens (including phenoxy) is 1. The molecule has 11 nitrogen and oxygen atoms in total. The summed E-state index contributed by atoms with van der Waals surface area (Å²) in [5.74, 6) is -1.03. The molecular weight excluding hydrogens is 418 g/mol. The van der Waals surface area contributed by atoms with E-state index in [1.54, 1.807) is 20.8 Å². The third kappa shape index (κ3) is 5.81. The highest BCUT2D eigenvalue weighted by molar-refractivity contribution is 5.90. The Bertz CT molecular complexity index is 733. The van der Waals surface area contributed by atoms with Gasteiger partial charge in [0.1, 0.15) is 11.6 Å². The molecular formula is C21H35N5O6. The van der Waals surface area contributed by atoms with E-state index in [9.17, 15) is 19.2 Å². The van der Waals surface area contributed by atoms with Crippen molar-refractivity contribution in [2.24, 2.45) is 5.92 Å². The fourth-order valence-electron chi connectivity index (χ4n) is 4.11. The molecule has 0 aromatic carbocycles. The molecule has 0 spiro atoms. The first-order valence-electron chi connectivity index (χ1n) is 11.4. The van der Waals surface area contributed by atoms with Crippen molar-refractivity contribution in [2.45, 2.75) is 89.9 Å². The number of hydrazine groups is 1. The van der Waals surface area contributed by atoms with Crippen LogP contribution >= 0.6 is 0 Å². The molecule has 3 fully saturated rings. The second-order valence-electron chi connectivity index (χ2n) is 9.68. The summed E-state index contributed by atoms with van der Waals surface area (Å²) < 4.78 is 5.20. The lowest BCUT2D eigenvalue weighted by Gasteiger charge is -2.35. The van der Waals surface area contributed by atoms with Gasteiger partial charge in [0.2, 0.25) is 5.91 Å². The van der Waals surface area contributed by atoms with Crippen molar-refractivity contribution in [1.29, 1.82) is 0 Å². The van der Waals surface area contributed by atoms with Crippen LogP contribution in [0.1, 0.15) is 66.2 Å². The lowest BCUT2D eigenvalue weighted by atomic mass is 9.80. The normalized spacial score (nSPS) is 26.9. The summed E-state index contributed by atoms with van der Waals surface area (Å²) in [6.07, 6.45) is 3.45. The Kier molecular flexibility index (Phi) is 7.47. The number of urea groups is 1. The Hall–Kier alpha value is -2.56. The molecule has 180 valence electrons. The van der Waals surface area contributed by atoms with Crippen molar-refractivity contribution in [3.05, 3.63) is 0 Å².